The summed E-state index contributed by atoms with van der Waals surface area (Å²) in [5, 5.41) is 3.42. The van der Waals surface area contributed by atoms with E-state index in [0.29, 0.717) is 12.3 Å². The molecule has 2 aliphatic rings. The Kier molecular flexibility index (Phi) is 7.58. The lowest BCUT2D eigenvalue weighted by molar-refractivity contribution is 0.428. The second-order valence-corrected chi connectivity index (χ2v) is 9.78. The molecule has 0 radical (unpaired) electrons. The third-order valence-corrected chi connectivity index (χ3v) is 7.83. The van der Waals surface area contributed by atoms with Crippen LogP contribution in [-0.4, -0.2) is 45.5 Å². The van der Waals surface area contributed by atoms with E-state index in [4.69, 9.17) is 4.99 Å². The molecule has 1 unspecified atom stereocenters. The topological polar surface area (TPSA) is 61.8 Å². The molecule has 0 spiro atoms. The van der Waals surface area contributed by atoms with Gasteiger partial charge in [-0.05, 0) is 43.7 Å². The van der Waals surface area contributed by atoms with Crippen LogP contribution in [0.4, 0.5) is 5.69 Å². The number of aliphatic imine (C=N–C) groups is 1. The van der Waals surface area contributed by atoms with Gasteiger partial charge in [-0.25, -0.2) is 8.42 Å². The zero-order chi connectivity index (χ0) is 18.8. The number of benzene rings is 1. The first kappa shape index (κ1) is 22.5. The number of halogens is 1. The first-order valence-electron chi connectivity index (χ1n) is 9.80. The van der Waals surface area contributed by atoms with Crippen LogP contribution in [0.2, 0.25) is 0 Å². The second-order valence-electron chi connectivity index (χ2n) is 7.55. The van der Waals surface area contributed by atoms with E-state index in [0.717, 1.165) is 38.3 Å². The summed E-state index contributed by atoms with van der Waals surface area (Å²) in [5.74, 6) is 1.62. The quantitative estimate of drug-likeness (QED) is 0.378. The van der Waals surface area contributed by atoms with Gasteiger partial charge in [-0.2, -0.15) is 0 Å². The summed E-state index contributed by atoms with van der Waals surface area (Å²) in [6, 6.07) is 8.63. The highest BCUT2D eigenvalue weighted by atomic mass is 127. The van der Waals surface area contributed by atoms with Crippen LogP contribution >= 0.6 is 24.0 Å². The third kappa shape index (κ3) is 4.60. The van der Waals surface area contributed by atoms with E-state index < -0.39 is 9.84 Å². The summed E-state index contributed by atoms with van der Waals surface area (Å²) >= 11 is 0. The fraction of sp³-hybridized carbons (Fsp3) is 0.650. The number of guanidine groups is 1. The van der Waals surface area contributed by atoms with Crippen molar-refractivity contribution in [3.8, 4) is 0 Å². The molecule has 2 aliphatic heterocycles. The van der Waals surface area contributed by atoms with Crippen molar-refractivity contribution in [1.29, 1.82) is 0 Å². The number of fused-ring (bicyclic) bond motifs is 1. The number of nitrogens with one attached hydrogen (secondary N) is 1. The van der Waals surface area contributed by atoms with Gasteiger partial charge < -0.3 is 10.2 Å². The molecule has 1 N–H and O–H groups in total. The van der Waals surface area contributed by atoms with E-state index in [-0.39, 0.29) is 41.1 Å². The summed E-state index contributed by atoms with van der Waals surface area (Å²) in [5.41, 5.74) is 2.79. The van der Waals surface area contributed by atoms with Gasteiger partial charge in [0.25, 0.3) is 0 Å². The van der Waals surface area contributed by atoms with Crippen LogP contribution < -0.4 is 10.2 Å². The zero-order valence-corrected chi connectivity index (χ0v) is 19.7. The SMILES string of the molecule is CCNC(=NCC1CCS(=O)(=O)C1)N1CC(CC)(CC)c2ccccc21.I. The summed E-state index contributed by atoms with van der Waals surface area (Å²) in [7, 11) is -2.85. The molecular formula is C20H32IN3O2S. The van der Waals surface area contributed by atoms with E-state index in [1.807, 2.05) is 0 Å². The molecule has 1 fully saturated rings. The Morgan fingerprint density at radius 1 is 1.26 bits per heavy atom. The molecule has 1 aromatic carbocycles. The molecular weight excluding hydrogens is 473 g/mol. The minimum absolute atomic E-state index is 0. The van der Waals surface area contributed by atoms with Gasteiger partial charge in [-0.1, -0.05) is 32.0 Å². The molecule has 0 saturated carbocycles. The Morgan fingerprint density at radius 2 is 1.96 bits per heavy atom. The molecule has 0 amide bonds. The number of sulfone groups is 1. The lowest BCUT2D eigenvalue weighted by Gasteiger charge is -2.29. The fourth-order valence-corrected chi connectivity index (χ4v) is 6.15. The number of hydrogen-bond donors (Lipinski definition) is 1. The monoisotopic (exact) mass is 505 g/mol. The van der Waals surface area contributed by atoms with Crippen molar-refractivity contribution in [2.45, 2.75) is 45.4 Å². The Bertz CT molecular complexity index is 775. The van der Waals surface area contributed by atoms with E-state index in [9.17, 15) is 8.42 Å². The molecule has 0 aromatic heterocycles. The Hall–Kier alpha value is -0.830. The summed E-state index contributed by atoms with van der Waals surface area (Å²) in [6.07, 6.45) is 2.92. The van der Waals surface area contributed by atoms with Crippen LogP contribution in [-0.2, 0) is 15.3 Å². The first-order valence-corrected chi connectivity index (χ1v) is 11.6. The molecule has 1 aromatic rings. The predicted octanol–water partition coefficient (Wildman–Crippen LogP) is 3.58. The number of hydrogen-bond acceptors (Lipinski definition) is 3. The molecule has 7 heteroatoms. The maximum Gasteiger partial charge on any atom is 0.198 e. The van der Waals surface area contributed by atoms with E-state index in [1.54, 1.807) is 0 Å². The highest BCUT2D eigenvalue weighted by Gasteiger charge is 2.41. The van der Waals surface area contributed by atoms with Crippen LogP contribution in [0.25, 0.3) is 0 Å². The summed E-state index contributed by atoms with van der Waals surface area (Å²) in [6.45, 7) is 8.89. The first-order chi connectivity index (χ1) is 12.4. The van der Waals surface area contributed by atoms with E-state index in [2.05, 4.69) is 55.3 Å². The molecule has 0 bridgehead atoms. The van der Waals surface area contributed by atoms with Gasteiger partial charge >= 0.3 is 0 Å². The second kappa shape index (κ2) is 9.11. The molecule has 27 heavy (non-hydrogen) atoms. The van der Waals surface area contributed by atoms with Crippen molar-refractivity contribution >= 4 is 45.5 Å². The summed E-state index contributed by atoms with van der Waals surface area (Å²) < 4.78 is 23.4. The average molecular weight is 505 g/mol. The highest BCUT2D eigenvalue weighted by molar-refractivity contribution is 14.0. The number of anilines is 1. The van der Waals surface area contributed by atoms with Gasteiger partial charge in [0.05, 0.1) is 11.5 Å². The van der Waals surface area contributed by atoms with Crippen LogP contribution in [0.3, 0.4) is 0 Å². The molecule has 1 saturated heterocycles. The van der Waals surface area contributed by atoms with Crippen molar-refractivity contribution in [3.05, 3.63) is 29.8 Å². The van der Waals surface area contributed by atoms with Crippen molar-refractivity contribution in [2.24, 2.45) is 10.9 Å². The van der Waals surface area contributed by atoms with Crippen molar-refractivity contribution in [3.63, 3.8) is 0 Å². The number of para-hydroxylation sites is 1. The van der Waals surface area contributed by atoms with Crippen LogP contribution in [0.5, 0.6) is 0 Å². The van der Waals surface area contributed by atoms with Gasteiger partial charge in [0.1, 0.15) is 0 Å². The van der Waals surface area contributed by atoms with E-state index >= 15 is 0 Å². The molecule has 0 aliphatic carbocycles. The van der Waals surface area contributed by atoms with Crippen LogP contribution in [0.1, 0.15) is 45.6 Å². The largest absolute Gasteiger partial charge is 0.356 e. The molecule has 2 heterocycles. The predicted molar refractivity (Wildman–Crippen MR) is 124 cm³/mol. The van der Waals surface area contributed by atoms with Crippen molar-refractivity contribution < 1.29 is 8.42 Å². The maximum absolute atomic E-state index is 11.7. The van der Waals surface area contributed by atoms with Gasteiger partial charge in [0.15, 0.2) is 15.8 Å². The fourth-order valence-electron chi connectivity index (χ4n) is 4.30. The number of rotatable bonds is 5. The van der Waals surface area contributed by atoms with Gasteiger partial charge in [-0.15, -0.1) is 24.0 Å². The van der Waals surface area contributed by atoms with Gasteiger partial charge in [-0.3, -0.25) is 4.99 Å². The summed E-state index contributed by atoms with van der Waals surface area (Å²) in [4.78, 5) is 7.14. The highest BCUT2D eigenvalue weighted by Crippen LogP contribution is 2.45. The molecule has 5 nitrogen and oxygen atoms in total. The Balaban J connectivity index is 0.00000261. The average Bonchev–Trinajstić information content (AvgIpc) is 3.16. The van der Waals surface area contributed by atoms with Gasteiger partial charge in [0, 0.05) is 30.7 Å². The Morgan fingerprint density at radius 3 is 2.56 bits per heavy atom. The maximum atomic E-state index is 11.7. The van der Waals surface area contributed by atoms with Crippen LogP contribution in [0, 0.1) is 5.92 Å². The van der Waals surface area contributed by atoms with Gasteiger partial charge in [0.2, 0.25) is 0 Å². The standard InChI is InChI=1S/C20H31N3O2S.HI/c1-4-20(5-2)15-23(18-10-8-7-9-17(18)20)19(21-6-3)22-13-16-11-12-26(24,25)14-16;/h7-10,16H,4-6,11-15H2,1-3H3,(H,21,22);1H. The number of nitrogens with zero attached hydrogens (tertiary/aromatic N) is 2. The normalized spacial score (nSPS) is 23.0. The smallest absolute Gasteiger partial charge is 0.198 e. The lowest BCUT2D eigenvalue weighted by atomic mass is 9.78. The van der Waals surface area contributed by atoms with Crippen molar-refractivity contribution in [1.82, 2.24) is 5.32 Å². The van der Waals surface area contributed by atoms with E-state index in [1.165, 1.54) is 11.3 Å². The van der Waals surface area contributed by atoms with Crippen molar-refractivity contribution in [2.75, 3.05) is 36.0 Å². The molecule has 152 valence electrons. The molecule has 1 atom stereocenters. The zero-order valence-electron chi connectivity index (χ0n) is 16.6. The Labute approximate surface area is 181 Å². The molecule has 3 rings (SSSR count). The minimum Gasteiger partial charge on any atom is -0.356 e. The lowest BCUT2D eigenvalue weighted by Crippen LogP contribution is -2.44. The third-order valence-electron chi connectivity index (χ3n) is 6.00. The minimum atomic E-state index is -2.85. The van der Waals surface area contributed by atoms with Crippen LogP contribution in [0.15, 0.2) is 29.3 Å².